The van der Waals surface area contributed by atoms with Crippen molar-refractivity contribution in [2.75, 3.05) is 55.0 Å². The average molecular weight is 1930 g/mol. The van der Waals surface area contributed by atoms with Crippen molar-refractivity contribution in [1.82, 2.24) is 10.6 Å². The first-order valence-electron chi connectivity index (χ1n) is 18.5. The maximum Gasteiger partial charge on any atom is 0.337 e. The fourth-order valence-electron chi connectivity index (χ4n) is 5.33. The molecule has 362 valence electrons. The quantitative estimate of drug-likeness (QED) is 0.0467. The van der Waals surface area contributed by atoms with Crippen LogP contribution in [0.2, 0.25) is 0 Å². The molecule has 19 nitrogen and oxygen atoms in total. The molecule has 0 heterocycles. The Hall–Kier alpha value is 0.320. The molecule has 0 aliphatic heterocycles. The van der Waals surface area contributed by atoms with Crippen LogP contribution in [0.5, 0.6) is 0 Å². The zero-order chi connectivity index (χ0) is 50.3. The molecule has 0 spiro atoms. The summed E-state index contributed by atoms with van der Waals surface area (Å²) in [5.74, 6) is -4.35. The van der Waals surface area contributed by atoms with Gasteiger partial charge in [0.15, 0.2) is 0 Å². The highest BCUT2D eigenvalue weighted by Crippen LogP contribution is 2.39. The summed E-state index contributed by atoms with van der Waals surface area (Å²) in [6.07, 6.45) is -1.16. The van der Waals surface area contributed by atoms with Gasteiger partial charge in [-0.25, -0.2) is 9.59 Å². The van der Waals surface area contributed by atoms with E-state index in [1.165, 1.54) is 11.8 Å². The highest BCUT2D eigenvalue weighted by Gasteiger charge is 2.32. The number of nitrogens with zero attached hydrogens (tertiary/aromatic N) is 1. The molecule has 3 rings (SSSR count). The zero-order valence-corrected chi connectivity index (χ0v) is 53.1. The Morgan fingerprint density at radius 2 is 0.985 bits per heavy atom. The van der Waals surface area contributed by atoms with E-state index < -0.39 is 55.1 Å². The molecule has 0 saturated heterocycles. The van der Waals surface area contributed by atoms with Crippen LogP contribution in [-0.2, 0) is 14.4 Å². The second-order valence-electron chi connectivity index (χ2n) is 13.3. The van der Waals surface area contributed by atoms with Gasteiger partial charge in [-0.05, 0) is 228 Å². The van der Waals surface area contributed by atoms with E-state index in [1.807, 2.05) is 158 Å². The maximum atomic E-state index is 12.9. The van der Waals surface area contributed by atoms with Gasteiger partial charge in [0.25, 0.3) is 11.8 Å². The van der Waals surface area contributed by atoms with Gasteiger partial charge in [-0.1, -0.05) is 0 Å². The summed E-state index contributed by atoms with van der Waals surface area (Å²) in [5, 5.41) is 76.2. The molecule has 0 radical (unpaired) electrons. The summed E-state index contributed by atoms with van der Waals surface area (Å²) in [5.41, 5.74) is 1.60. The molecule has 5 amide bonds. The minimum absolute atomic E-state index is 0.0316. The molecule has 3 aromatic carbocycles. The van der Waals surface area contributed by atoms with Gasteiger partial charge in [0.05, 0.1) is 92.2 Å². The van der Waals surface area contributed by atoms with Gasteiger partial charge in [0.2, 0.25) is 17.7 Å². The fourth-order valence-corrected chi connectivity index (χ4v) is 18.3. The van der Waals surface area contributed by atoms with Gasteiger partial charge in [-0.15, -0.1) is 0 Å². The Labute approximate surface area is 500 Å². The van der Waals surface area contributed by atoms with Crippen LogP contribution in [-0.4, -0.2) is 129 Å². The number of nitrogens with one attached hydrogen (secondary N) is 4. The average Bonchev–Trinajstić information content (AvgIpc) is 3.22. The van der Waals surface area contributed by atoms with Crippen molar-refractivity contribution in [2.45, 2.75) is 44.8 Å². The number of aliphatic hydroxyl groups is 5. The first-order chi connectivity index (χ1) is 30.9. The molecule has 2 unspecified atom stereocenters. The van der Waals surface area contributed by atoms with E-state index in [0.717, 1.165) is 7.14 Å². The number of carbonyl (C=O) groups is 7. The van der Waals surface area contributed by atoms with Crippen molar-refractivity contribution in [1.29, 1.82) is 0 Å². The van der Waals surface area contributed by atoms with E-state index in [2.05, 4.69) is 66.4 Å². The normalized spacial score (nSPS) is 11.7. The van der Waals surface area contributed by atoms with Crippen LogP contribution >= 0.6 is 203 Å². The SMILES string of the molecule is CC(=O)N(CC(O)CO)c1c(I)c(C(=O)NCCO)c(I)c(C(=O)NCC(O)CO)c1I.O=C(CCCCC(=O)Nc1c(I)cc(I)c(C(=O)O)c1I)Nc1c(I)cc(I)c(C(=O)O)c1I. The van der Waals surface area contributed by atoms with Crippen molar-refractivity contribution in [3.63, 3.8) is 0 Å². The number of unbranched alkanes of at least 4 members (excludes halogenated alkanes) is 1. The highest BCUT2D eigenvalue weighted by atomic mass is 127. The number of hydrogen-bond donors (Lipinski definition) is 11. The van der Waals surface area contributed by atoms with Crippen molar-refractivity contribution >= 4 is 262 Å². The summed E-state index contributed by atoms with van der Waals surface area (Å²) >= 11 is 17.4. The van der Waals surface area contributed by atoms with Crippen LogP contribution in [0.15, 0.2) is 12.1 Å². The third-order valence-electron chi connectivity index (χ3n) is 8.46. The van der Waals surface area contributed by atoms with E-state index in [9.17, 15) is 59.1 Å². The van der Waals surface area contributed by atoms with E-state index in [1.54, 1.807) is 12.1 Å². The van der Waals surface area contributed by atoms with Crippen molar-refractivity contribution in [2.24, 2.45) is 0 Å². The van der Waals surface area contributed by atoms with Crippen LogP contribution < -0.4 is 26.2 Å². The van der Waals surface area contributed by atoms with Gasteiger partial charge < -0.3 is 61.9 Å². The Balaban J connectivity index is 0.000000454. The molecule has 0 fully saturated rings. The number of anilines is 3. The lowest BCUT2D eigenvalue weighted by molar-refractivity contribution is -0.118. The van der Waals surface area contributed by atoms with Gasteiger partial charge in [-0.2, -0.15) is 0 Å². The highest BCUT2D eigenvalue weighted by molar-refractivity contribution is 14.1. The molecule has 0 bridgehead atoms. The Morgan fingerprint density at radius 3 is 1.35 bits per heavy atom. The predicted molar refractivity (Wildman–Crippen MR) is 319 cm³/mol. The number of aromatic carboxylic acids is 2. The fraction of sp³-hybridized carbons (Fsp3) is 0.342. The minimum Gasteiger partial charge on any atom is -0.478 e. The van der Waals surface area contributed by atoms with Crippen molar-refractivity contribution in [3.05, 3.63) is 66.5 Å². The largest absolute Gasteiger partial charge is 0.478 e. The third kappa shape index (κ3) is 17.8. The number of amides is 5. The lowest BCUT2D eigenvalue weighted by atomic mass is 10.1. The van der Waals surface area contributed by atoms with Gasteiger partial charge in [-0.3, -0.25) is 24.0 Å². The molecule has 28 heteroatoms. The predicted octanol–water partition coefficient (Wildman–Crippen LogP) is 5.86. The van der Waals surface area contributed by atoms with Crippen molar-refractivity contribution in [3.8, 4) is 0 Å². The summed E-state index contributed by atoms with van der Waals surface area (Å²) in [4.78, 5) is 87.2. The van der Waals surface area contributed by atoms with Crippen LogP contribution in [0.25, 0.3) is 0 Å². The Bertz CT molecular complexity index is 2270. The molecule has 2 atom stereocenters. The number of carboxylic acid groups (broad SMARTS) is 2. The van der Waals surface area contributed by atoms with Crippen LogP contribution in [0.3, 0.4) is 0 Å². The van der Waals surface area contributed by atoms with Crippen molar-refractivity contribution < 1.29 is 69.3 Å². The Kier molecular flexibility index (Phi) is 28.7. The number of carboxylic acids is 2. The van der Waals surface area contributed by atoms with E-state index in [4.69, 9.17) is 10.2 Å². The summed E-state index contributed by atoms with van der Waals surface area (Å²) < 4.78 is 4.53. The summed E-state index contributed by atoms with van der Waals surface area (Å²) in [7, 11) is 0. The molecule has 11 N–H and O–H groups in total. The third-order valence-corrected chi connectivity index (χ3v) is 17.2. The number of halogens is 9. The summed E-state index contributed by atoms with van der Waals surface area (Å²) in [6.45, 7) is -0.761. The van der Waals surface area contributed by atoms with Gasteiger partial charge in [0.1, 0.15) is 0 Å². The second kappa shape index (κ2) is 30.4. The number of benzene rings is 3. The molecular weight excluding hydrogens is 1890 g/mol. The lowest BCUT2D eigenvalue weighted by Crippen LogP contribution is -2.40. The topological polar surface area (TPSA) is 312 Å². The number of rotatable bonds is 20. The van der Waals surface area contributed by atoms with Crippen LogP contribution in [0.4, 0.5) is 17.1 Å². The van der Waals surface area contributed by atoms with E-state index in [0.29, 0.717) is 45.6 Å². The first kappa shape index (κ1) is 62.4. The number of hydrogen-bond acceptors (Lipinski definition) is 12. The van der Waals surface area contributed by atoms with Gasteiger partial charge in [0, 0.05) is 50.7 Å². The number of carbonyl (C=O) groups excluding carboxylic acids is 5. The minimum atomic E-state index is -1.26. The lowest BCUT2D eigenvalue weighted by Gasteiger charge is -2.28. The molecule has 0 aliphatic carbocycles. The zero-order valence-electron chi connectivity index (χ0n) is 33.7. The molecule has 3 aromatic rings. The number of aliphatic hydroxyl groups excluding tert-OH is 5. The maximum absolute atomic E-state index is 12.9. The second-order valence-corrected chi connectivity index (χ2v) is 23.3. The Morgan fingerprint density at radius 1 is 0.576 bits per heavy atom. The monoisotopic (exact) mass is 1930 g/mol. The molecule has 0 aromatic heterocycles. The molecule has 0 aliphatic rings. The molecule has 66 heavy (non-hydrogen) atoms. The standard InChI is InChI=1S/C20H14I6N2O6.C18H24I3N3O8/c21-7-5-9(23)17(15(25)13(7)19(31)32)27-11(29)3-1-2-4-12(30)28-18-10(24)6-8(22)14(16(18)26)20(33)34;1-8(28)24(5-10(30)7-27)16-14(20)11(17(31)22-2-3-25)13(19)12(15(16)21)18(32)23-4-9(29)6-26/h5-6H,1-4H2,(H,27,29)(H,28,30)(H,31,32)(H,33,34);9-10,25-27,29-30H,2-7H2,1H3,(H,22,31)(H,23,32). The van der Waals surface area contributed by atoms with Gasteiger partial charge >= 0.3 is 11.9 Å². The molecular formula is C38H38I9N5O14. The van der Waals surface area contributed by atoms with E-state index in [-0.39, 0.29) is 82.4 Å². The summed E-state index contributed by atoms with van der Waals surface area (Å²) in [6, 6.07) is 3.41. The molecule has 0 saturated carbocycles. The first-order valence-corrected chi connectivity index (χ1v) is 28.2. The van der Waals surface area contributed by atoms with Crippen LogP contribution in [0.1, 0.15) is 74.0 Å². The van der Waals surface area contributed by atoms with Crippen LogP contribution in [0, 0.1) is 32.1 Å². The van der Waals surface area contributed by atoms with E-state index >= 15 is 0 Å². The smallest absolute Gasteiger partial charge is 0.337 e.